The zero-order valence-electron chi connectivity index (χ0n) is 8.83. The van der Waals surface area contributed by atoms with E-state index < -0.39 is 5.60 Å². The van der Waals surface area contributed by atoms with Crippen molar-refractivity contribution in [2.75, 3.05) is 0 Å². The van der Waals surface area contributed by atoms with Crippen molar-refractivity contribution in [2.45, 2.75) is 25.4 Å². The Hall–Kier alpha value is -1.28. The summed E-state index contributed by atoms with van der Waals surface area (Å²) in [5, 5.41) is 11.6. The smallest absolute Gasteiger partial charge is 0.0908 e. The van der Waals surface area contributed by atoms with Crippen molar-refractivity contribution < 1.29 is 5.11 Å². The highest BCUT2D eigenvalue weighted by molar-refractivity contribution is 5.83. The fraction of sp³-hybridized carbons (Fsp3) is 0.385. The first-order valence-corrected chi connectivity index (χ1v) is 5.48. The van der Waals surface area contributed by atoms with E-state index in [1.165, 1.54) is 0 Å². The molecular weight excluding hydrogens is 186 g/mol. The predicted molar refractivity (Wildman–Crippen MR) is 60.6 cm³/mol. The Labute approximate surface area is 88.9 Å². The Morgan fingerprint density at radius 2 is 2.13 bits per heavy atom. The molecule has 78 valence electrons. The van der Waals surface area contributed by atoms with Gasteiger partial charge in [-0.2, -0.15) is 0 Å². The Bertz CT molecular complexity index is 494. The molecule has 15 heavy (non-hydrogen) atoms. The van der Waals surface area contributed by atoms with Gasteiger partial charge in [0.25, 0.3) is 0 Å². The molecule has 1 fully saturated rings. The Balaban J connectivity index is 2.14. The highest BCUT2D eigenvalue weighted by Crippen LogP contribution is 2.47. The summed E-state index contributed by atoms with van der Waals surface area (Å²) in [5.41, 5.74) is 1.61. The quantitative estimate of drug-likeness (QED) is 0.731. The van der Waals surface area contributed by atoms with E-state index in [4.69, 9.17) is 0 Å². The van der Waals surface area contributed by atoms with Crippen LogP contribution in [-0.2, 0) is 5.60 Å². The van der Waals surface area contributed by atoms with Crippen LogP contribution in [0.1, 0.15) is 25.3 Å². The van der Waals surface area contributed by atoms with Crippen LogP contribution >= 0.6 is 0 Å². The molecule has 2 nitrogen and oxygen atoms in total. The van der Waals surface area contributed by atoms with Crippen LogP contribution < -0.4 is 0 Å². The third-order valence-corrected chi connectivity index (χ3v) is 3.47. The molecule has 0 atom stereocenters. The van der Waals surface area contributed by atoms with Gasteiger partial charge < -0.3 is 10.1 Å². The van der Waals surface area contributed by atoms with Gasteiger partial charge in [-0.1, -0.05) is 19.1 Å². The number of fused-ring (bicyclic) bond motifs is 1. The van der Waals surface area contributed by atoms with Crippen LogP contribution in [0.3, 0.4) is 0 Å². The molecule has 2 heteroatoms. The summed E-state index contributed by atoms with van der Waals surface area (Å²) in [5.74, 6) is 0.643. The molecule has 1 saturated carbocycles. The molecule has 0 spiro atoms. The number of benzene rings is 1. The van der Waals surface area contributed by atoms with Gasteiger partial charge in [0.2, 0.25) is 0 Å². The van der Waals surface area contributed by atoms with E-state index in [-0.39, 0.29) is 0 Å². The Morgan fingerprint density at radius 1 is 1.33 bits per heavy atom. The lowest BCUT2D eigenvalue weighted by Crippen LogP contribution is -2.39. The molecule has 1 heterocycles. The maximum absolute atomic E-state index is 10.5. The van der Waals surface area contributed by atoms with Gasteiger partial charge in [0, 0.05) is 17.1 Å². The molecule has 1 aliphatic rings. The molecule has 0 radical (unpaired) electrons. The van der Waals surface area contributed by atoms with Gasteiger partial charge in [-0.25, -0.2) is 0 Å². The van der Waals surface area contributed by atoms with E-state index in [0.29, 0.717) is 5.92 Å². The minimum atomic E-state index is -0.582. The molecule has 0 aliphatic heterocycles. The highest BCUT2D eigenvalue weighted by Gasteiger charge is 2.42. The van der Waals surface area contributed by atoms with E-state index in [0.717, 1.165) is 29.3 Å². The second kappa shape index (κ2) is 2.86. The maximum atomic E-state index is 10.5. The fourth-order valence-corrected chi connectivity index (χ4v) is 2.80. The van der Waals surface area contributed by atoms with Crippen LogP contribution in [0.2, 0.25) is 0 Å². The highest BCUT2D eigenvalue weighted by atomic mass is 16.3. The van der Waals surface area contributed by atoms with Gasteiger partial charge in [-0.3, -0.25) is 0 Å². The largest absolute Gasteiger partial charge is 0.385 e. The Kier molecular flexibility index (Phi) is 1.71. The Morgan fingerprint density at radius 3 is 2.87 bits per heavy atom. The number of hydrogen-bond acceptors (Lipinski definition) is 1. The maximum Gasteiger partial charge on any atom is 0.0908 e. The monoisotopic (exact) mass is 201 g/mol. The summed E-state index contributed by atoms with van der Waals surface area (Å²) in [6.45, 7) is 2.19. The van der Waals surface area contributed by atoms with Gasteiger partial charge in [-0.05, 0) is 36.5 Å². The molecule has 2 N–H and O–H groups in total. The summed E-state index contributed by atoms with van der Waals surface area (Å²) in [6, 6.07) is 8.15. The molecule has 1 aliphatic carbocycles. The minimum Gasteiger partial charge on any atom is -0.385 e. The van der Waals surface area contributed by atoms with Crippen molar-refractivity contribution in [2.24, 2.45) is 5.92 Å². The van der Waals surface area contributed by atoms with Gasteiger partial charge in [0.15, 0.2) is 0 Å². The van der Waals surface area contributed by atoms with Gasteiger partial charge in [-0.15, -0.1) is 0 Å². The number of H-pyrrole nitrogens is 1. The van der Waals surface area contributed by atoms with E-state index in [9.17, 15) is 5.11 Å². The predicted octanol–water partition coefficient (Wildman–Crippen LogP) is 2.79. The third kappa shape index (κ3) is 1.21. The van der Waals surface area contributed by atoms with E-state index in [2.05, 4.69) is 11.9 Å². The van der Waals surface area contributed by atoms with E-state index in [1.807, 2.05) is 30.5 Å². The summed E-state index contributed by atoms with van der Waals surface area (Å²) < 4.78 is 0. The number of aliphatic hydroxyl groups is 1. The molecule has 3 rings (SSSR count). The number of rotatable bonds is 1. The van der Waals surface area contributed by atoms with Crippen LogP contribution in [-0.4, -0.2) is 10.1 Å². The normalized spacial score (nSPS) is 30.4. The van der Waals surface area contributed by atoms with E-state index >= 15 is 0 Å². The van der Waals surface area contributed by atoms with E-state index in [1.54, 1.807) is 0 Å². The van der Waals surface area contributed by atoms with Crippen molar-refractivity contribution in [3.8, 4) is 0 Å². The summed E-state index contributed by atoms with van der Waals surface area (Å²) >= 11 is 0. The topological polar surface area (TPSA) is 36.0 Å². The molecular formula is C13H15NO. The number of aromatic nitrogens is 1. The minimum absolute atomic E-state index is 0.582. The van der Waals surface area contributed by atoms with Crippen molar-refractivity contribution in [3.63, 3.8) is 0 Å². The number of aromatic amines is 1. The average molecular weight is 201 g/mol. The SMILES string of the molecule is CC1CC(O)(c2cccc3[nH]ccc23)C1. The van der Waals surface area contributed by atoms with Crippen LogP contribution in [0.5, 0.6) is 0 Å². The summed E-state index contributed by atoms with van der Waals surface area (Å²) in [4.78, 5) is 3.18. The average Bonchev–Trinajstić information content (AvgIpc) is 2.62. The van der Waals surface area contributed by atoms with Gasteiger partial charge >= 0.3 is 0 Å². The van der Waals surface area contributed by atoms with Crippen molar-refractivity contribution in [1.29, 1.82) is 0 Å². The van der Waals surface area contributed by atoms with Gasteiger partial charge in [0.1, 0.15) is 0 Å². The fourth-order valence-electron chi connectivity index (χ4n) is 2.80. The second-order valence-corrected chi connectivity index (χ2v) is 4.79. The lowest BCUT2D eigenvalue weighted by Gasteiger charge is -2.42. The molecule has 1 aromatic heterocycles. The standard InChI is InChI=1S/C13H15NO/c1-9-7-13(15,8-9)11-3-2-4-12-10(11)5-6-14-12/h2-6,9,14-15H,7-8H2,1H3. The lowest BCUT2D eigenvalue weighted by molar-refractivity contribution is -0.0726. The molecule has 0 unspecified atom stereocenters. The van der Waals surface area contributed by atoms with Crippen LogP contribution in [0.25, 0.3) is 10.9 Å². The van der Waals surface area contributed by atoms with Crippen LogP contribution in [0.15, 0.2) is 30.5 Å². The van der Waals surface area contributed by atoms with Crippen molar-refractivity contribution in [1.82, 2.24) is 4.98 Å². The lowest BCUT2D eigenvalue weighted by atomic mass is 9.67. The van der Waals surface area contributed by atoms with Crippen molar-refractivity contribution in [3.05, 3.63) is 36.0 Å². The second-order valence-electron chi connectivity index (χ2n) is 4.79. The third-order valence-electron chi connectivity index (χ3n) is 3.47. The van der Waals surface area contributed by atoms with Crippen LogP contribution in [0, 0.1) is 5.92 Å². The summed E-state index contributed by atoms with van der Waals surface area (Å²) in [6.07, 6.45) is 3.70. The first-order valence-electron chi connectivity index (χ1n) is 5.48. The zero-order valence-corrected chi connectivity index (χ0v) is 8.83. The zero-order chi connectivity index (χ0) is 10.5. The van der Waals surface area contributed by atoms with Gasteiger partial charge in [0.05, 0.1) is 5.60 Å². The molecule has 2 aromatic rings. The first-order chi connectivity index (χ1) is 7.19. The van der Waals surface area contributed by atoms with Crippen molar-refractivity contribution >= 4 is 10.9 Å². The molecule has 0 amide bonds. The van der Waals surface area contributed by atoms with Crippen LogP contribution in [0.4, 0.5) is 0 Å². The number of nitrogens with one attached hydrogen (secondary N) is 1. The molecule has 1 aromatic carbocycles. The molecule has 0 saturated heterocycles. The number of hydrogen-bond donors (Lipinski definition) is 2. The molecule has 0 bridgehead atoms. The first kappa shape index (κ1) is 8.98. The summed E-state index contributed by atoms with van der Waals surface area (Å²) in [7, 11) is 0.